The normalized spacial score (nSPS) is 10.7. The summed E-state index contributed by atoms with van der Waals surface area (Å²) >= 11 is 0. The average molecular weight is 291 g/mol. The monoisotopic (exact) mass is 291 g/mol. The van der Waals surface area contributed by atoms with Gasteiger partial charge in [-0.15, -0.1) is 0 Å². The van der Waals surface area contributed by atoms with E-state index in [-0.39, 0.29) is 0 Å². The molecule has 2 aromatic rings. The van der Waals surface area contributed by atoms with E-state index in [1.165, 1.54) is 5.01 Å². The molecule has 0 fully saturated rings. The first-order valence-corrected chi connectivity index (χ1v) is 6.50. The van der Waals surface area contributed by atoms with E-state index >= 15 is 0 Å². The van der Waals surface area contributed by atoms with Gasteiger partial charge in [0.15, 0.2) is 0 Å². The number of nitrogens with zero attached hydrogens (tertiary/aromatic N) is 3. The van der Waals surface area contributed by atoms with Gasteiger partial charge >= 0.3 is 0 Å². The van der Waals surface area contributed by atoms with Crippen molar-refractivity contribution in [2.45, 2.75) is 20.4 Å². The zero-order valence-corrected chi connectivity index (χ0v) is 12.3. The van der Waals surface area contributed by atoms with Crippen LogP contribution in [0, 0.1) is 0 Å². The van der Waals surface area contributed by atoms with Crippen LogP contribution < -0.4 is 11.6 Å². The number of pyridine rings is 1. The molecule has 0 aliphatic heterocycles. The Morgan fingerprint density at radius 1 is 1.52 bits per heavy atom. The molecule has 0 atom stereocenters. The second kappa shape index (κ2) is 8.60. The largest absolute Gasteiger partial charge is 0.468 e. The van der Waals surface area contributed by atoms with E-state index in [9.17, 15) is 4.79 Å². The predicted octanol–water partition coefficient (Wildman–Crippen LogP) is 1.01. The average Bonchev–Trinajstić information content (AvgIpc) is 2.81. The number of carbonyl (C=O) groups is 1. The summed E-state index contributed by atoms with van der Waals surface area (Å²) in [4.78, 5) is 13.6. The fourth-order valence-corrected chi connectivity index (χ4v) is 1.63. The molecular formula is C14H21N5O2. The number of hydrogen-bond donors (Lipinski definition) is 2. The van der Waals surface area contributed by atoms with Crippen molar-refractivity contribution in [2.75, 3.05) is 6.61 Å². The van der Waals surface area contributed by atoms with Crippen molar-refractivity contribution in [1.29, 1.82) is 0 Å². The first-order valence-electron chi connectivity index (χ1n) is 6.50. The zero-order valence-electron chi connectivity index (χ0n) is 12.3. The van der Waals surface area contributed by atoms with Crippen LogP contribution in [0.4, 0.5) is 0 Å². The van der Waals surface area contributed by atoms with Crippen molar-refractivity contribution in [1.82, 2.24) is 14.4 Å². The fraction of sp³-hybridized carbons (Fsp3) is 0.286. The van der Waals surface area contributed by atoms with Crippen LogP contribution in [0.15, 0.2) is 42.5 Å². The highest BCUT2D eigenvalue weighted by atomic mass is 16.5. The summed E-state index contributed by atoms with van der Waals surface area (Å²) in [6.45, 7) is 5.00. The van der Waals surface area contributed by atoms with Crippen molar-refractivity contribution in [3.8, 4) is 0 Å². The summed E-state index contributed by atoms with van der Waals surface area (Å²) in [6, 6.07) is 5.87. The summed E-state index contributed by atoms with van der Waals surface area (Å²) in [5.41, 5.74) is 8.03. The Hall–Kier alpha value is -2.54. The van der Waals surface area contributed by atoms with E-state index < -0.39 is 0 Å². The molecule has 0 saturated heterocycles. The number of carbonyl (C=O) groups excluding carboxylic acids is 1. The molecule has 21 heavy (non-hydrogen) atoms. The van der Waals surface area contributed by atoms with Gasteiger partial charge in [0.1, 0.15) is 5.65 Å². The van der Waals surface area contributed by atoms with Crippen LogP contribution in [-0.2, 0) is 16.1 Å². The number of nitrogens with two attached hydrogens (primary N) is 2. The molecular weight excluding hydrogens is 270 g/mol. The third kappa shape index (κ3) is 5.96. The van der Waals surface area contributed by atoms with Crippen LogP contribution >= 0.6 is 0 Å². The smallest absolute Gasteiger partial charge is 0.293 e. The van der Waals surface area contributed by atoms with Crippen molar-refractivity contribution in [2.24, 2.45) is 11.6 Å². The number of ether oxygens (including phenoxy) is 1. The SMILES string of the molecule is C/C(N)=C/N(N)Cc1cn2ccccc2n1.CCOC=O. The lowest BCUT2D eigenvalue weighted by Gasteiger charge is -2.11. The first kappa shape index (κ1) is 16.5. The third-order valence-corrected chi connectivity index (χ3v) is 2.36. The number of imidazole rings is 1. The summed E-state index contributed by atoms with van der Waals surface area (Å²) < 4.78 is 6.11. The van der Waals surface area contributed by atoms with E-state index in [0.29, 0.717) is 25.3 Å². The molecule has 0 spiro atoms. The Morgan fingerprint density at radius 3 is 2.81 bits per heavy atom. The van der Waals surface area contributed by atoms with Crippen molar-refractivity contribution >= 4 is 12.1 Å². The van der Waals surface area contributed by atoms with E-state index in [0.717, 1.165) is 11.3 Å². The number of allylic oxidation sites excluding steroid dienone is 1. The van der Waals surface area contributed by atoms with Crippen LogP contribution in [0.1, 0.15) is 19.5 Å². The Morgan fingerprint density at radius 2 is 2.29 bits per heavy atom. The van der Waals surface area contributed by atoms with Gasteiger partial charge in [-0.2, -0.15) is 0 Å². The maximum absolute atomic E-state index is 9.18. The van der Waals surface area contributed by atoms with Crippen LogP contribution in [0.3, 0.4) is 0 Å². The molecule has 0 amide bonds. The number of hydrogen-bond acceptors (Lipinski definition) is 6. The number of hydrazine groups is 1. The summed E-state index contributed by atoms with van der Waals surface area (Å²) in [7, 11) is 0. The molecule has 7 nitrogen and oxygen atoms in total. The lowest BCUT2D eigenvalue weighted by molar-refractivity contribution is -0.128. The number of aromatic nitrogens is 2. The molecule has 7 heteroatoms. The van der Waals surface area contributed by atoms with Crippen molar-refractivity contribution in [3.05, 3.63) is 48.2 Å². The molecule has 2 rings (SSSR count). The number of rotatable bonds is 5. The Labute approximate surface area is 123 Å². The molecule has 2 aromatic heterocycles. The highest BCUT2D eigenvalue weighted by molar-refractivity contribution is 5.39. The van der Waals surface area contributed by atoms with Crippen LogP contribution in [0.5, 0.6) is 0 Å². The molecule has 0 unspecified atom stereocenters. The highest BCUT2D eigenvalue weighted by Crippen LogP contribution is 2.06. The van der Waals surface area contributed by atoms with Crippen molar-refractivity contribution < 1.29 is 9.53 Å². The lowest BCUT2D eigenvalue weighted by Crippen LogP contribution is -2.25. The van der Waals surface area contributed by atoms with Crippen LogP contribution in [0.2, 0.25) is 0 Å². The van der Waals surface area contributed by atoms with Crippen LogP contribution in [0.25, 0.3) is 5.65 Å². The minimum Gasteiger partial charge on any atom is -0.468 e. The topological polar surface area (TPSA) is 98.9 Å². The van der Waals surface area contributed by atoms with Gasteiger partial charge in [0, 0.05) is 24.3 Å². The molecule has 4 N–H and O–H groups in total. The molecule has 0 aromatic carbocycles. The standard InChI is InChI=1S/C11H15N5.C3H6O2/c1-9(12)6-16(13)8-10-7-15-5-3-2-4-11(15)14-10;1-2-5-3-4/h2-7H,8,12-13H2,1H3;3H,2H2,1H3/b9-6-;. The molecule has 2 heterocycles. The fourth-order valence-electron chi connectivity index (χ4n) is 1.63. The van der Waals surface area contributed by atoms with E-state index in [4.69, 9.17) is 11.6 Å². The van der Waals surface area contributed by atoms with E-state index in [2.05, 4.69) is 9.72 Å². The molecule has 0 aliphatic carbocycles. The maximum Gasteiger partial charge on any atom is 0.293 e. The van der Waals surface area contributed by atoms with Gasteiger partial charge in [-0.25, -0.2) is 10.8 Å². The zero-order chi connectivity index (χ0) is 15.7. The Kier molecular flexibility index (Phi) is 6.76. The van der Waals surface area contributed by atoms with Gasteiger partial charge in [-0.05, 0) is 26.0 Å². The predicted molar refractivity (Wildman–Crippen MR) is 80.6 cm³/mol. The second-order valence-electron chi connectivity index (χ2n) is 4.30. The van der Waals surface area contributed by atoms with Gasteiger partial charge in [0.25, 0.3) is 6.47 Å². The summed E-state index contributed by atoms with van der Waals surface area (Å²) in [5, 5.41) is 1.52. The van der Waals surface area contributed by atoms with Crippen molar-refractivity contribution in [3.63, 3.8) is 0 Å². The summed E-state index contributed by atoms with van der Waals surface area (Å²) in [6.07, 6.45) is 5.59. The maximum atomic E-state index is 9.18. The highest BCUT2D eigenvalue weighted by Gasteiger charge is 2.02. The molecule has 0 saturated carbocycles. The van der Waals surface area contributed by atoms with Gasteiger partial charge in [-0.1, -0.05) is 6.07 Å². The minimum absolute atomic E-state index is 0.431. The van der Waals surface area contributed by atoms with E-state index in [1.807, 2.05) is 35.0 Å². The van der Waals surface area contributed by atoms with E-state index in [1.54, 1.807) is 20.0 Å². The molecule has 0 bridgehead atoms. The first-order chi connectivity index (χ1) is 10.1. The lowest BCUT2D eigenvalue weighted by atomic mass is 10.4. The van der Waals surface area contributed by atoms with Gasteiger partial charge in [0.2, 0.25) is 0 Å². The summed E-state index contributed by atoms with van der Waals surface area (Å²) in [5.74, 6) is 5.76. The molecule has 0 radical (unpaired) electrons. The second-order valence-corrected chi connectivity index (χ2v) is 4.30. The van der Waals surface area contributed by atoms with Crippen LogP contribution in [-0.4, -0.2) is 27.5 Å². The van der Waals surface area contributed by atoms with Gasteiger partial charge < -0.3 is 19.9 Å². The third-order valence-electron chi connectivity index (χ3n) is 2.36. The molecule has 0 aliphatic rings. The van der Waals surface area contributed by atoms with Gasteiger partial charge in [0.05, 0.1) is 18.8 Å². The van der Waals surface area contributed by atoms with Gasteiger partial charge in [-0.3, -0.25) is 4.79 Å². The molecule has 114 valence electrons. The Balaban J connectivity index is 0.000000383. The quantitative estimate of drug-likeness (QED) is 0.484. The Bertz CT molecular complexity index is 557. The number of fused-ring (bicyclic) bond motifs is 1. The minimum atomic E-state index is 0.431.